The quantitative estimate of drug-likeness (QED) is 0.508. The minimum atomic E-state index is -4.22. The highest BCUT2D eigenvalue weighted by Gasteiger charge is 2.50. The number of hydrogen-bond donors (Lipinski definition) is 0. The average Bonchev–Trinajstić information content (AvgIpc) is 3.44. The molecule has 0 aliphatic carbocycles. The molecule has 0 N–H and O–H groups in total. The molecule has 2 aliphatic heterocycles. The lowest BCUT2D eigenvalue weighted by Gasteiger charge is -2.52. The van der Waals surface area contributed by atoms with Crippen molar-refractivity contribution < 1.29 is 13.2 Å². The van der Waals surface area contributed by atoms with Crippen molar-refractivity contribution in [2.45, 2.75) is 45.3 Å². The first-order chi connectivity index (χ1) is 15.7. The predicted octanol–water partition coefficient (Wildman–Crippen LogP) is 4.83. The number of hydrogen-bond acceptors (Lipinski definition) is 6. The summed E-state index contributed by atoms with van der Waals surface area (Å²) >= 11 is 1.11. The molecule has 2 fully saturated rings. The number of nitrogens with zero attached hydrogens (tertiary/aromatic N) is 6. The minimum absolute atomic E-state index is 0.204. The van der Waals surface area contributed by atoms with E-state index >= 15 is 0 Å². The molecule has 5 rings (SSSR count). The molecule has 1 spiro atoms. The Morgan fingerprint density at radius 2 is 2.00 bits per heavy atom. The molecule has 0 amide bonds. The molecular formula is C23H29F3N6S. The van der Waals surface area contributed by atoms with E-state index in [2.05, 4.69) is 44.9 Å². The van der Waals surface area contributed by atoms with E-state index in [1.807, 2.05) is 17.9 Å². The van der Waals surface area contributed by atoms with Crippen molar-refractivity contribution in [2.24, 2.45) is 18.4 Å². The smallest absolute Gasteiger partial charge is 0.355 e. The van der Waals surface area contributed by atoms with Crippen LogP contribution in [-0.4, -0.2) is 57.0 Å². The molecule has 3 aromatic heterocycles. The van der Waals surface area contributed by atoms with Crippen LogP contribution in [0.25, 0.3) is 10.2 Å². The highest BCUT2D eigenvalue weighted by Crippen LogP contribution is 2.47. The van der Waals surface area contributed by atoms with Gasteiger partial charge in [-0.15, -0.1) is 11.3 Å². The van der Waals surface area contributed by atoms with Gasteiger partial charge in [-0.2, -0.15) is 18.3 Å². The number of anilines is 1. The second kappa shape index (κ2) is 8.23. The van der Waals surface area contributed by atoms with E-state index in [9.17, 15) is 13.2 Å². The van der Waals surface area contributed by atoms with Gasteiger partial charge in [-0.25, -0.2) is 9.97 Å². The van der Waals surface area contributed by atoms with E-state index in [0.717, 1.165) is 61.6 Å². The van der Waals surface area contributed by atoms with Crippen LogP contribution in [0.1, 0.15) is 43.2 Å². The molecule has 0 bridgehead atoms. The summed E-state index contributed by atoms with van der Waals surface area (Å²) in [5, 5.41) is 5.13. The second-order valence-electron chi connectivity index (χ2n) is 9.78. The Balaban J connectivity index is 1.32. The van der Waals surface area contributed by atoms with Crippen LogP contribution in [-0.2, 0) is 13.5 Å². The van der Waals surface area contributed by atoms with Gasteiger partial charge in [0, 0.05) is 61.3 Å². The van der Waals surface area contributed by atoms with Gasteiger partial charge in [0.1, 0.15) is 17.0 Å². The largest absolute Gasteiger partial charge is 0.393 e. The number of thiophene rings is 1. The zero-order chi connectivity index (χ0) is 23.4. The molecule has 10 heteroatoms. The Hall–Kier alpha value is -2.20. The summed E-state index contributed by atoms with van der Waals surface area (Å²) in [6.45, 7) is 8.31. The van der Waals surface area contributed by atoms with E-state index < -0.39 is 12.6 Å². The lowest BCUT2D eigenvalue weighted by atomic mass is 9.76. The number of halogens is 3. The van der Waals surface area contributed by atoms with Crippen LogP contribution in [0.15, 0.2) is 24.8 Å². The maximum atomic E-state index is 12.9. The van der Waals surface area contributed by atoms with Gasteiger partial charge in [0.15, 0.2) is 0 Å². The summed E-state index contributed by atoms with van der Waals surface area (Å²) in [6.07, 6.45) is 2.61. The first-order valence-corrected chi connectivity index (χ1v) is 12.3. The summed E-state index contributed by atoms with van der Waals surface area (Å²) < 4.78 is 40.5. The Morgan fingerprint density at radius 1 is 1.21 bits per heavy atom. The van der Waals surface area contributed by atoms with Crippen LogP contribution in [0.2, 0.25) is 0 Å². The average molecular weight is 479 g/mol. The molecule has 2 aliphatic rings. The molecule has 5 heterocycles. The molecule has 33 heavy (non-hydrogen) atoms. The van der Waals surface area contributed by atoms with E-state index in [4.69, 9.17) is 0 Å². The number of aryl methyl sites for hydroxylation is 1. The van der Waals surface area contributed by atoms with Gasteiger partial charge in [0.05, 0.1) is 18.0 Å². The van der Waals surface area contributed by atoms with Gasteiger partial charge in [-0.1, -0.05) is 20.3 Å². The maximum absolute atomic E-state index is 12.9. The first kappa shape index (κ1) is 22.6. The third-order valence-electron chi connectivity index (χ3n) is 7.19. The molecule has 2 atom stereocenters. The fraction of sp³-hybridized carbons (Fsp3) is 0.609. The Morgan fingerprint density at radius 3 is 2.67 bits per heavy atom. The molecular weight excluding hydrogens is 449 g/mol. The van der Waals surface area contributed by atoms with Crippen molar-refractivity contribution in [3.63, 3.8) is 0 Å². The number of fused-ring (bicyclic) bond motifs is 1. The Bertz CT molecular complexity index is 1130. The number of alkyl halides is 3. The monoisotopic (exact) mass is 478 g/mol. The van der Waals surface area contributed by atoms with Crippen LogP contribution in [0, 0.1) is 11.3 Å². The molecule has 2 saturated heterocycles. The summed E-state index contributed by atoms with van der Waals surface area (Å²) in [5.74, 6) is 1.30. The lowest BCUT2D eigenvalue weighted by molar-refractivity contribution is -0.126. The van der Waals surface area contributed by atoms with Crippen molar-refractivity contribution in [1.82, 2.24) is 24.6 Å². The van der Waals surface area contributed by atoms with E-state index in [-0.39, 0.29) is 10.3 Å². The van der Waals surface area contributed by atoms with Crippen LogP contribution in [0.4, 0.5) is 19.0 Å². The predicted molar refractivity (Wildman–Crippen MR) is 123 cm³/mol. The van der Waals surface area contributed by atoms with Crippen molar-refractivity contribution in [3.05, 3.63) is 35.2 Å². The van der Waals surface area contributed by atoms with Gasteiger partial charge in [0.25, 0.3) is 0 Å². The summed E-state index contributed by atoms with van der Waals surface area (Å²) in [5.41, 5.74) is 1.47. The first-order valence-electron chi connectivity index (χ1n) is 11.4. The van der Waals surface area contributed by atoms with Crippen molar-refractivity contribution in [3.8, 4) is 0 Å². The number of likely N-dealkylation sites (tertiary alicyclic amines) is 1. The van der Waals surface area contributed by atoms with Gasteiger partial charge < -0.3 is 4.90 Å². The van der Waals surface area contributed by atoms with Crippen LogP contribution in [0.5, 0.6) is 0 Å². The van der Waals surface area contributed by atoms with Gasteiger partial charge >= 0.3 is 6.18 Å². The van der Waals surface area contributed by atoms with Crippen LogP contribution >= 0.6 is 11.3 Å². The molecule has 178 valence electrons. The Labute approximate surface area is 195 Å². The molecule has 0 saturated carbocycles. The molecule has 6 nitrogen and oxygen atoms in total. The maximum Gasteiger partial charge on any atom is 0.393 e. The molecule has 3 aromatic rings. The van der Waals surface area contributed by atoms with Gasteiger partial charge in [0.2, 0.25) is 0 Å². The van der Waals surface area contributed by atoms with E-state index in [1.54, 1.807) is 6.07 Å². The van der Waals surface area contributed by atoms with E-state index in [1.165, 1.54) is 11.9 Å². The highest BCUT2D eigenvalue weighted by atomic mass is 32.1. The van der Waals surface area contributed by atoms with Gasteiger partial charge in [-0.05, 0) is 18.4 Å². The van der Waals surface area contributed by atoms with Crippen molar-refractivity contribution in [1.29, 1.82) is 0 Å². The highest BCUT2D eigenvalue weighted by molar-refractivity contribution is 7.18. The molecule has 0 aromatic carbocycles. The fourth-order valence-electron chi connectivity index (χ4n) is 5.53. The topological polar surface area (TPSA) is 50.1 Å². The Kier molecular flexibility index (Phi) is 5.63. The summed E-state index contributed by atoms with van der Waals surface area (Å²) in [6, 6.07) is 1.98. The molecule has 0 radical (unpaired) electrons. The number of rotatable bonds is 6. The second-order valence-corrected chi connectivity index (χ2v) is 10.9. The minimum Gasteiger partial charge on any atom is -0.355 e. The SMILES string of the molecule is CC[C@H](C)[C@H](c1cnn(C)c1)N1CC2(CCN(c3ncnc4sc(CC(F)(F)F)cc34)C2)C1. The fourth-order valence-corrected chi connectivity index (χ4v) is 6.55. The molecule has 0 unspecified atom stereocenters. The van der Waals surface area contributed by atoms with Crippen molar-refractivity contribution in [2.75, 3.05) is 31.1 Å². The van der Waals surface area contributed by atoms with Crippen LogP contribution in [0.3, 0.4) is 0 Å². The third-order valence-corrected chi connectivity index (χ3v) is 8.23. The van der Waals surface area contributed by atoms with E-state index in [0.29, 0.717) is 16.8 Å². The zero-order valence-electron chi connectivity index (χ0n) is 19.1. The van der Waals surface area contributed by atoms with Gasteiger partial charge in [-0.3, -0.25) is 9.58 Å². The lowest BCUT2D eigenvalue weighted by Crippen LogP contribution is -2.59. The number of aromatic nitrogens is 4. The summed E-state index contributed by atoms with van der Waals surface area (Å²) in [4.78, 5) is 14.4. The van der Waals surface area contributed by atoms with Crippen LogP contribution < -0.4 is 4.90 Å². The van der Waals surface area contributed by atoms with Crippen molar-refractivity contribution >= 4 is 27.4 Å². The zero-order valence-corrected chi connectivity index (χ0v) is 20.0. The normalized spacial score (nSPS) is 20.5. The third kappa shape index (κ3) is 4.35. The summed E-state index contributed by atoms with van der Waals surface area (Å²) in [7, 11) is 1.95. The standard InChI is InChI=1S/C23H29F3N6S/c1-4-15(2)19(16-9-29-30(3)10-16)32-12-22(13-32)5-6-31(11-22)20-18-7-17(8-23(24,25)26)33-21(18)28-14-27-20/h7,9-10,14-15,19H,4-6,8,11-13H2,1-3H3/t15-,19+/m0/s1.